The molecule has 18 heavy (non-hydrogen) atoms. The van der Waals surface area contributed by atoms with E-state index in [0.29, 0.717) is 0 Å². The Balaban J connectivity index is 2.68. The summed E-state index contributed by atoms with van der Waals surface area (Å²) in [5.41, 5.74) is 0. The average Bonchev–Trinajstić information content (AvgIpc) is 2.41. The van der Waals surface area contributed by atoms with Crippen LogP contribution in [0, 0.1) is 10.7 Å². The maximum atomic E-state index is 9.24. The van der Waals surface area contributed by atoms with Gasteiger partial charge in [0.25, 0.3) is 0 Å². The van der Waals surface area contributed by atoms with Gasteiger partial charge in [0.05, 0.1) is 0 Å². The van der Waals surface area contributed by atoms with Crippen LogP contribution >= 0.6 is 17.2 Å². The van der Waals surface area contributed by atoms with Crippen LogP contribution in [0.5, 0.6) is 0 Å². The van der Waals surface area contributed by atoms with E-state index in [2.05, 4.69) is 43.0 Å². The maximum absolute atomic E-state index is 9.24. The Morgan fingerprint density at radius 3 is 1.56 bits per heavy atom. The molecule has 2 aromatic carbocycles. The van der Waals surface area contributed by atoms with Gasteiger partial charge >= 0.3 is 112 Å². The van der Waals surface area contributed by atoms with E-state index in [9.17, 15) is 5.26 Å². The molecule has 1 nitrogen and oxygen atoms in total. The monoisotopic (exact) mass is 273 g/mol. The van der Waals surface area contributed by atoms with Crippen molar-refractivity contribution in [3.05, 3.63) is 60.7 Å². The molecule has 0 unspecified atom stereocenters. The predicted octanol–water partition coefficient (Wildman–Crippen LogP) is 3.58. The fraction of sp³-hybridized carbons (Fsp3) is 0.133. The van der Waals surface area contributed by atoms with Gasteiger partial charge in [-0.05, 0) is 0 Å². The van der Waals surface area contributed by atoms with Crippen LogP contribution in [-0.2, 0) is 0 Å². The van der Waals surface area contributed by atoms with Gasteiger partial charge in [-0.15, -0.1) is 0 Å². The molecule has 0 bridgehead atoms. The zero-order valence-electron chi connectivity index (χ0n) is 10.6. The summed E-state index contributed by atoms with van der Waals surface area (Å²) >= 11 is 1.42. The summed E-state index contributed by atoms with van der Waals surface area (Å²) in [5, 5.41) is 14.1. The third-order valence-electron chi connectivity index (χ3n) is 3.33. The Kier molecular flexibility index (Phi) is 3.48. The number of hydrogen-bond donors (Lipinski definition) is 0. The van der Waals surface area contributed by atoms with E-state index < -0.39 is 5.81 Å². The number of benzene rings is 2. The second-order valence-corrected chi connectivity index (χ2v) is 14.1. The van der Waals surface area contributed by atoms with Gasteiger partial charge in [-0.3, -0.25) is 0 Å². The van der Waals surface area contributed by atoms with Crippen LogP contribution in [0.1, 0.15) is 0 Å². The zero-order valence-corrected chi connectivity index (χ0v) is 12.3. The van der Waals surface area contributed by atoms with E-state index in [0.717, 1.165) is 0 Å². The van der Waals surface area contributed by atoms with Gasteiger partial charge in [0, 0.05) is 0 Å². The number of nitrogens with zero attached hydrogens (tertiary/aromatic N) is 1. The molecule has 0 atom stereocenters. The Morgan fingerprint density at radius 1 is 0.833 bits per heavy atom. The molecular formula is C15H16NPS. The van der Waals surface area contributed by atoms with Crippen molar-refractivity contribution < 1.29 is 0 Å². The van der Waals surface area contributed by atoms with Crippen LogP contribution in [0.3, 0.4) is 0 Å². The van der Waals surface area contributed by atoms with Gasteiger partial charge in [0.15, 0.2) is 0 Å². The van der Waals surface area contributed by atoms with Gasteiger partial charge < -0.3 is 0 Å². The third-order valence-corrected chi connectivity index (χ3v) is 10.7. The Bertz CT molecular complexity index is 529. The van der Waals surface area contributed by atoms with Crippen molar-refractivity contribution in [1.29, 1.82) is 5.26 Å². The van der Waals surface area contributed by atoms with Crippen molar-refractivity contribution in [2.75, 3.05) is 13.3 Å². The number of nitriles is 1. The molecule has 3 heteroatoms. The van der Waals surface area contributed by atoms with Crippen molar-refractivity contribution in [2.24, 2.45) is 0 Å². The van der Waals surface area contributed by atoms with Gasteiger partial charge in [-0.25, -0.2) is 0 Å². The summed E-state index contributed by atoms with van der Waals surface area (Å²) in [6.07, 6.45) is 0. The molecule has 0 N–H and O–H groups in total. The normalized spacial score (nSPS) is 13.3. The molecule has 0 aromatic heterocycles. The summed E-state index contributed by atoms with van der Waals surface area (Å²) in [6.45, 7) is 4.48. The molecule has 0 saturated heterocycles. The molecule has 92 valence electrons. The summed E-state index contributed by atoms with van der Waals surface area (Å²) in [4.78, 5) is 0. The first-order valence-electron chi connectivity index (χ1n) is 5.77. The molecule has 0 radical (unpaired) electrons. The minimum atomic E-state index is -2.43. The van der Waals surface area contributed by atoms with Crippen molar-refractivity contribution in [2.45, 2.75) is 0 Å². The summed E-state index contributed by atoms with van der Waals surface area (Å²) in [6, 6.07) is 20.8. The first-order chi connectivity index (χ1) is 8.57. The first kappa shape index (κ1) is 13.1. The summed E-state index contributed by atoms with van der Waals surface area (Å²) in [5.74, 6) is -2.43. The molecule has 0 aliphatic rings. The van der Waals surface area contributed by atoms with Crippen LogP contribution in [-0.4, -0.2) is 13.3 Å². The van der Waals surface area contributed by atoms with Gasteiger partial charge in [-0.1, -0.05) is 0 Å². The number of thiocyanates is 1. The standard InChI is InChI=1S/C15H16NPS/c1-17(2,18-13-16,14-9-5-3-6-10-14)15-11-7-4-8-12-15/h3-12H,1-2H3. The predicted molar refractivity (Wildman–Crippen MR) is 84.1 cm³/mol. The minimum absolute atomic E-state index is 1.27. The molecular weight excluding hydrogens is 257 g/mol. The van der Waals surface area contributed by atoms with Gasteiger partial charge in [-0.2, -0.15) is 0 Å². The van der Waals surface area contributed by atoms with Crippen molar-refractivity contribution in [3.8, 4) is 5.40 Å². The van der Waals surface area contributed by atoms with Crippen molar-refractivity contribution in [3.63, 3.8) is 0 Å². The van der Waals surface area contributed by atoms with Crippen LogP contribution in [0.25, 0.3) is 0 Å². The van der Waals surface area contributed by atoms with E-state index >= 15 is 0 Å². The third kappa shape index (κ3) is 2.17. The first-order valence-corrected chi connectivity index (χ1v) is 10.3. The summed E-state index contributed by atoms with van der Waals surface area (Å²) < 4.78 is 0. The van der Waals surface area contributed by atoms with Gasteiger partial charge in [0.1, 0.15) is 0 Å². The molecule has 0 fully saturated rings. The molecule has 2 rings (SSSR count). The molecule has 0 saturated carbocycles. The van der Waals surface area contributed by atoms with E-state index in [1.807, 2.05) is 36.4 Å². The SMILES string of the molecule is CP(C)(SC#N)(c1ccccc1)c1ccccc1. The molecule has 2 aromatic rings. The molecule has 0 aliphatic carbocycles. The summed E-state index contributed by atoms with van der Waals surface area (Å²) in [7, 11) is 0. The quantitative estimate of drug-likeness (QED) is 0.630. The number of rotatable bonds is 3. The fourth-order valence-corrected chi connectivity index (χ4v) is 7.03. The van der Waals surface area contributed by atoms with Crippen LogP contribution in [0.15, 0.2) is 60.7 Å². The van der Waals surface area contributed by atoms with Crippen molar-refractivity contribution >= 4 is 27.8 Å². The Morgan fingerprint density at radius 2 is 1.22 bits per heavy atom. The fourth-order valence-electron chi connectivity index (χ4n) is 2.10. The second kappa shape index (κ2) is 4.76. The van der Waals surface area contributed by atoms with Crippen LogP contribution in [0.4, 0.5) is 0 Å². The van der Waals surface area contributed by atoms with Crippen molar-refractivity contribution in [1.82, 2.24) is 0 Å². The zero-order chi connectivity index (χ0) is 13.1. The Hall–Kier alpha value is -1.29. The van der Waals surface area contributed by atoms with E-state index in [1.165, 1.54) is 22.0 Å². The van der Waals surface area contributed by atoms with E-state index in [-0.39, 0.29) is 0 Å². The number of hydrogen-bond acceptors (Lipinski definition) is 2. The molecule has 0 heterocycles. The molecule has 0 spiro atoms. The molecule has 0 aliphatic heterocycles. The van der Waals surface area contributed by atoms with E-state index in [4.69, 9.17) is 0 Å². The average molecular weight is 273 g/mol. The van der Waals surface area contributed by atoms with E-state index in [1.54, 1.807) is 0 Å². The van der Waals surface area contributed by atoms with Crippen LogP contribution in [0.2, 0.25) is 0 Å². The second-order valence-electron chi connectivity index (χ2n) is 4.85. The molecule has 0 amide bonds. The van der Waals surface area contributed by atoms with Crippen LogP contribution < -0.4 is 10.6 Å². The van der Waals surface area contributed by atoms with Gasteiger partial charge in [0.2, 0.25) is 0 Å². The topological polar surface area (TPSA) is 23.8 Å². The Labute approximate surface area is 113 Å².